The SMILES string of the molecule is Cc1cc(C(=O)NCCCS(C)(=O)=O)ccc1NN. The molecule has 0 heterocycles. The molecule has 1 aromatic carbocycles. The van der Waals surface area contributed by atoms with E-state index in [9.17, 15) is 13.2 Å². The zero-order valence-corrected chi connectivity index (χ0v) is 11.9. The molecule has 0 unspecified atom stereocenters. The van der Waals surface area contributed by atoms with Crippen molar-refractivity contribution >= 4 is 21.4 Å². The van der Waals surface area contributed by atoms with E-state index < -0.39 is 9.84 Å². The van der Waals surface area contributed by atoms with Gasteiger partial charge in [0.05, 0.1) is 11.4 Å². The van der Waals surface area contributed by atoms with E-state index in [0.717, 1.165) is 11.3 Å². The van der Waals surface area contributed by atoms with Gasteiger partial charge in [0, 0.05) is 18.4 Å². The minimum Gasteiger partial charge on any atom is -0.352 e. The number of hydrazine groups is 1. The average Bonchev–Trinajstić information content (AvgIpc) is 2.33. The molecular weight excluding hydrogens is 266 g/mol. The quantitative estimate of drug-likeness (QED) is 0.400. The van der Waals surface area contributed by atoms with Gasteiger partial charge >= 0.3 is 0 Å². The standard InChI is InChI=1S/C12H19N3O3S/c1-9-8-10(4-5-11(9)15-13)12(16)14-6-3-7-19(2,17)18/h4-5,8,15H,3,6-7,13H2,1-2H3,(H,14,16). The number of rotatable bonds is 6. The molecule has 106 valence electrons. The Hall–Kier alpha value is -1.60. The van der Waals surface area contributed by atoms with Crippen LogP contribution in [-0.2, 0) is 9.84 Å². The number of aryl methyl sites for hydroxylation is 1. The number of hydrogen-bond acceptors (Lipinski definition) is 5. The smallest absolute Gasteiger partial charge is 0.251 e. The molecule has 1 aromatic rings. The Labute approximate surface area is 113 Å². The van der Waals surface area contributed by atoms with Crippen LogP contribution in [0.4, 0.5) is 5.69 Å². The molecule has 1 rings (SSSR count). The van der Waals surface area contributed by atoms with Crippen LogP contribution in [0.25, 0.3) is 0 Å². The van der Waals surface area contributed by atoms with Crippen LogP contribution < -0.4 is 16.6 Å². The fourth-order valence-corrected chi connectivity index (χ4v) is 2.27. The highest BCUT2D eigenvalue weighted by Crippen LogP contribution is 2.14. The highest BCUT2D eigenvalue weighted by molar-refractivity contribution is 7.90. The molecule has 0 saturated heterocycles. The van der Waals surface area contributed by atoms with Crippen molar-refractivity contribution in [3.63, 3.8) is 0 Å². The highest BCUT2D eigenvalue weighted by Gasteiger charge is 2.07. The first-order chi connectivity index (χ1) is 8.83. The molecule has 19 heavy (non-hydrogen) atoms. The lowest BCUT2D eigenvalue weighted by atomic mass is 10.1. The van der Waals surface area contributed by atoms with Crippen molar-refractivity contribution in [2.45, 2.75) is 13.3 Å². The Morgan fingerprint density at radius 2 is 2.05 bits per heavy atom. The summed E-state index contributed by atoms with van der Waals surface area (Å²) in [6.45, 7) is 2.18. The number of hydrogen-bond donors (Lipinski definition) is 3. The van der Waals surface area contributed by atoms with Crippen LogP contribution in [0.3, 0.4) is 0 Å². The van der Waals surface area contributed by atoms with E-state index in [1.165, 1.54) is 6.26 Å². The molecule has 0 radical (unpaired) electrons. The number of sulfone groups is 1. The molecule has 0 fully saturated rings. The summed E-state index contributed by atoms with van der Waals surface area (Å²) in [4.78, 5) is 11.8. The van der Waals surface area contributed by atoms with E-state index in [-0.39, 0.29) is 11.7 Å². The average molecular weight is 285 g/mol. The lowest BCUT2D eigenvalue weighted by molar-refractivity contribution is 0.0953. The molecule has 0 aliphatic rings. The molecular formula is C12H19N3O3S. The first kappa shape index (κ1) is 15.5. The second kappa shape index (κ2) is 6.53. The minimum atomic E-state index is -2.98. The molecule has 0 spiro atoms. The van der Waals surface area contributed by atoms with Gasteiger partial charge in [0.15, 0.2) is 0 Å². The zero-order chi connectivity index (χ0) is 14.5. The lowest BCUT2D eigenvalue weighted by Crippen LogP contribution is -2.26. The van der Waals surface area contributed by atoms with Crippen LogP contribution in [0.5, 0.6) is 0 Å². The van der Waals surface area contributed by atoms with E-state index in [1.807, 2.05) is 6.92 Å². The summed E-state index contributed by atoms with van der Waals surface area (Å²) >= 11 is 0. The Kier molecular flexibility index (Phi) is 5.31. The second-order valence-electron chi connectivity index (χ2n) is 4.41. The second-order valence-corrected chi connectivity index (χ2v) is 6.67. The van der Waals surface area contributed by atoms with Gasteiger partial charge in [-0.1, -0.05) is 0 Å². The summed E-state index contributed by atoms with van der Waals surface area (Å²) in [6.07, 6.45) is 1.59. The van der Waals surface area contributed by atoms with E-state index in [2.05, 4.69) is 10.7 Å². The van der Waals surface area contributed by atoms with Crippen LogP contribution >= 0.6 is 0 Å². The van der Waals surface area contributed by atoms with E-state index in [0.29, 0.717) is 18.5 Å². The Morgan fingerprint density at radius 3 is 2.58 bits per heavy atom. The van der Waals surface area contributed by atoms with Crippen molar-refractivity contribution in [2.24, 2.45) is 5.84 Å². The molecule has 0 aliphatic heterocycles. The van der Waals surface area contributed by atoms with E-state index in [1.54, 1.807) is 18.2 Å². The number of carbonyl (C=O) groups is 1. The summed E-state index contributed by atoms with van der Waals surface area (Å²) < 4.78 is 21.9. The summed E-state index contributed by atoms with van der Waals surface area (Å²) in [5, 5.41) is 2.68. The van der Waals surface area contributed by atoms with Gasteiger partial charge < -0.3 is 10.7 Å². The van der Waals surface area contributed by atoms with Gasteiger partial charge in [-0.2, -0.15) is 0 Å². The number of benzene rings is 1. The van der Waals surface area contributed by atoms with Crippen molar-refractivity contribution < 1.29 is 13.2 Å². The number of nitrogens with one attached hydrogen (secondary N) is 2. The van der Waals surface area contributed by atoms with Gasteiger partial charge in [-0.25, -0.2) is 8.42 Å². The molecule has 1 amide bonds. The summed E-state index contributed by atoms with van der Waals surface area (Å²) in [5.41, 5.74) is 4.68. The van der Waals surface area contributed by atoms with Crippen LogP contribution in [-0.4, -0.2) is 32.9 Å². The normalized spacial score (nSPS) is 11.1. The van der Waals surface area contributed by atoms with Gasteiger partial charge in [-0.15, -0.1) is 0 Å². The fourth-order valence-electron chi connectivity index (χ4n) is 1.61. The third-order valence-corrected chi connectivity index (χ3v) is 3.65. The predicted octanol–water partition coefficient (Wildman–Crippen LogP) is 0.445. The third kappa shape index (κ3) is 5.27. The third-order valence-electron chi connectivity index (χ3n) is 2.62. The molecule has 0 saturated carbocycles. The largest absolute Gasteiger partial charge is 0.352 e. The van der Waals surface area contributed by atoms with Gasteiger partial charge in [0.1, 0.15) is 9.84 Å². The topological polar surface area (TPSA) is 101 Å². The van der Waals surface area contributed by atoms with Crippen LogP contribution in [0.1, 0.15) is 22.3 Å². The fraction of sp³-hybridized carbons (Fsp3) is 0.417. The zero-order valence-electron chi connectivity index (χ0n) is 11.1. The first-order valence-corrected chi connectivity index (χ1v) is 7.93. The molecule has 0 aliphatic carbocycles. The van der Waals surface area contributed by atoms with Gasteiger partial charge in [0.2, 0.25) is 0 Å². The van der Waals surface area contributed by atoms with Crippen molar-refractivity contribution in [3.05, 3.63) is 29.3 Å². The van der Waals surface area contributed by atoms with Crippen molar-refractivity contribution in [2.75, 3.05) is 24.0 Å². The number of anilines is 1. The van der Waals surface area contributed by atoms with Crippen molar-refractivity contribution in [3.8, 4) is 0 Å². The van der Waals surface area contributed by atoms with Gasteiger partial charge in [-0.05, 0) is 37.1 Å². The van der Waals surface area contributed by atoms with Crippen LogP contribution in [0, 0.1) is 6.92 Å². The summed E-state index contributed by atoms with van der Waals surface area (Å²) in [7, 11) is -2.98. The summed E-state index contributed by atoms with van der Waals surface area (Å²) in [6, 6.07) is 5.11. The molecule has 0 aromatic heterocycles. The number of amides is 1. The maximum atomic E-state index is 11.8. The Bertz CT molecular complexity index is 555. The maximum Gasteiger partial charge on any atom is 0.251 e. The number of nitrogen functional groups attached to an aromatic ring is 1. The van der Waals surface area contributed by atoms with E-state index in [4.69, 9.17) is 5.84 Å². The molecule has 7 heteroatoms. The highest BCUT2D eigenvalue weighted by atomic mass is 32.2. The van der Waals surface area contributed by atoms with E-state index >= 15 is 0 Å². The van der Waals surface area contributed by atoms with Crippen LogP contribution in [0.15, 0.2) is 18.2 Å². The molecule has 6 nitrogen and oxygen atoms in total. The summed E-state index contributed by atoms with van der Waals surface area (Å²) in [5.74, 6) is 5.16. The van der Waals surface area contributed by atoms with Gasteiger partial charge in [0.25, 0.3) is 5.91 Å². The predicted molar refractivity (Wildman–Crippen MR) is 75.7 cm³/mol. The molecule has 0 atom stereocenters. The Morgan fingerprint density at radius 1 is 1.37 bits per heavy atom. The van der Waals surface area contributed by atoms with Gasteiger partial charge in [-0.3, -0.25) is 10.6 Å². The first-order valence-electron chi connectivity index (χ1n) is 5.86. The minimum absolute atomic E-state index is 0.0718. The number of nitrogens with two attached hydrogens (primary N) is 1. The Balaban J connectivity index is 2.52. The number of carbonyl (C=O) groups excluding carboxylic acids is 1. The molecule has 4 N–H and O–H groups in total. The molecule has 0 bridgehead atoms. The van der Waals surface area contributed by atoms with Crippen molar-refractivity contribution in [1.29, 1.82) is 0 Å². The van der Waals surface area contributed by atoms with Crippen molar-refractivity contribution in [1.82, 2.24) is 5.32 Å². The van der Waals surface area contributed by atoms with Crippen LogP contribution in [0.2, 0.25) is 0 Å². The maximum absolute atomic E-state index is 11.8. The lowest BCUT2D eigenvalue weighted by Gasteiger charge is -2.08. The monoisotopic (exact) mass is 285 g/mol.